The summed E-state index contributed by atoms with van der Waals surface area (Å²) in [6, 6.07) is 10.1. The van der Waals surface area contributed by atoms with Gasteiger partial charge in [-0.15, -0.1) is 0 Å². The number of hydrogen-bond donors (Lipinski definition) is 2. The molecule has 2 rings (SSSR count). The van der Waals surface area contributed by atoms with Crippen LogP contribution in [0.5, 0.6) is 0 Å². The second-order valence-corrected chi connectivity index (χ2v) is 12.2. The summed E-state index contributed by atoms with van der Waals surface area (Å²) >= 11 is 0. The fourth-order valence-electron chi connectivity index (χ4n) is 5.07. The van der Waals surface area contributed by atoms with Gasteiger partial charge in [-0.25, -0.2) is 4.79 Å². The number of ether oxygens (including phenoxy) is 1. The number of hydrogen-bond acceptors (Lipinski definition) is 4. The molecule has 0 spiro atoms. The first-order valence-corrected chi connectivity index (χ1v) is 15.0. The summed E-state index contributed by atoms with van der Waals surface area (Å²) in [5, 5.41) is 5.82. The number of aryl methyl sites for hydroxylation is 4. The van der Waals surface area contributed by atoms with Gasteiger partial charge in [0.1, 0.15) is 17.7 Å². The van der Waals surface area contributed by atoms with Gasteiger partial charge in [0, 0.05) is 12.2 Å². The van der Waals surface area contributed by atoms with Crippen molar-refractivity contribution in [1.82, 2.24) is 10.2 Å². The minimum atomic E-state index is -0.883. The van der Waals surface area contributed by atoms with E-state index < -0.39 is 23.8 Å². The van der Waals surface area contributed by atoms with Crippen LogP contribution in [0.4, 0.5) is 10.5 Å². The van der Waals surface area contributed by atoms with E-state index in [1.807, 2.05) is 58.0 Å². The van der Waals surface area contributed by atoms with Crippen molar-refractivity contribution in [2.75, 3.05) is 11.9 Å². The number of benzene rings is 2. The molecule has 7 nitrogen and oxygen atoms in total. The van der Waals surface area contributed by atoms with Crippen LogP contribution in [0.2, 0.25) is 0 Å². The molecule has 2 aromatic carbocycles. The molecule has 7 heteroatoms. The summed E-state index contributed by atoms with van der Waals surface area (Å²) in [4.78, 5) is 42.4. The van der Waals surface area contributed by atoms with Crippen molar-refractivity contribution in [3.63, 3.8) is 0 Å². The lowest BCUT2D eigenvalue weighted by atomic mass is 9.97. The van der Waals surface area contributed by atoms with Gasteiger partial charge in [-0.1, -0.05) is 86.6 Å². The Balaban J connectivity index is 2.49. The quantitative estimate of drug-likeness (QED) is 0.244. The highest BCUT2D eigenvalue weighted by molar-refractivity contribution is 5.99. The third kappa shape index (κ3) is 10.9. The summed E-state index contributed by atoms with van der Waals surface area (Å²) in [6.07, 6.45) is 5.61. The van der Waals surface area contributed by atoms with Crippen LogP contribution in [-0.2, 0) is 14.3 Å². The lowest BCUT2D eigenvalue weighted by Crippen LogP contribution is -2.51. The fourth-order valence-corrected chi connectivity index (χ4v) is 5.07. The van der Waals surface area contributed by atoms with Crippen molar-refractivity contribution >= 4 is 23.6 Å². The lowest BCUT2D eigenvalue weighted by Gasteiger charge is -2.34. The molecule has 0 bridgehead atoms. The van der Waals surface area contributed by atoms with Gasteiger partial charge in [0.25, 0.3) is 5.91 Å². The third-order valence-corrected chi connectivity index (χ3v) is 6.99. The molecule has 2 aromatic rings. The molecule has 2 atom stereocenters. The van der Waals surface area contributed by atoms with Gasteiger partial charge < -0.3 is 20.3 Å². The van der Waals surface area contributed by atoms with Crippen molar-refractivity contribution < 1.29 is 19.1 Å². The molecular weight excluding hydrogens is 514 g/mol. The molecule has 0 saturated carbocycles. The van der Waals surface area contributed by atoms with Crippen LogP contribution < -0.4 is 10.6 Å². The van der Waals surface area contributed by atoms with Crippen LogP contribution >= 0.6 is 0 Å². The standard InChI is InChI=1S/C34H51N3O4/c1-10-11-12-13-14-15-19-37(32(39)27(6)35-33(40)41-34(7,8)9)30(28-21-23(2)20-24(3)22-28)31(38)36-29-25(4)17-16-18-26(29)5/h16-18,20-22,27,30H,10-15,19H2,1-9H3,(H,35,40)(H,36,38). The van der Waals surface area contributed by atoms with E-state index in [2.05, 4.69) is 23.6 Å². The summed E-state index contributed by atoms with van der Waals surface area (Å²) in [5.41, 5.74) is 4.72. The van der Waals surface area contributed by atoms with Crippen molar-refractivity contribution in [1.29, 1.82) is 0 Å². The molecule has 0 aliphatic carbocycles. The van der Waals surface area contributed by atoms with Gasteiger partial charge in [0.05, 0.1) is 0 Å². The smallest absolute Gasteiger partial charge is 0.408 e. The number of nitrogens with zero attached hydrogens (tertiary/aromatic N) is 1. The highest BCUT2D eigenvalue weighted by Gasteiger charge is 2.35. The van der Waals surface area contributed by atoms with E-state index in [0.717, 1.165) is 65.6 Å². The molecule has 0 aliphatic heterocycles. The number of para-hydroxylation sites is 1. The maximum absolute atomic E-state index is 14.2. The molecule has 0 aliphatic rings. The highest BCUT2D eigenvalue weighted by Crippen LogP contribution is 2.29. The van der Waals surface area contributed by atoms with E-state index >= 15 is 0 Å². The molecule has 2 unspecified atom stereocenters. The van der Waals surface area contributed by atoms with Crippen LogP contribution in [0.1, 0.15) is 107 Å². The first kappa shape index (κ1) is 33.9. The van der Waals surface area contributed by atoms with Gasteiger partial charge in [0.15, 0.2) is 0 Å². The number of amides is 3. The second kappa shape index (κ2) is 15.6. The van der Waals surface area contributed by atoms with Crippen molar-refractivity contribution in [3.8, 4) is 0 Å². The highest BCUT2D eigenvalue weighted by atomic mass is 16.6. The SMILES string of the molecule is CCCCCCCCN(C(=O)C(C)NC(=O)OC(C)(C)C)C(C(=O)Nc1c(C)cccc1C)c1cc(C)cc(C)c1. The molecule has 2 N–H and O–H groups in total. The van der Waals surface area contributed by atoms with Crippen LogP contribution in [0.25, 0.3) is 0 Å². The maximum atomic E-state index is 14.2. The number of carbonyl (C=O) groups excluding carboxylic acids is 3. The first-order valence-electron chi connectivity index (χ1n) is 15.0. The molecule has 0 radical (unpaired) electrons. The Bertz CT molecular complexity index is 1140. The van der Waals surface area contributed by atoms with Gasteiger partial charge in [0.2, 0.25) is 5.91 Å². The topological polar surface area (TPSA) is 87.7 Å². The molecule has 0 fully saturated rings. The van der Waals surface area contributed by atoms with E-state index in [9.17, 15) is 14.4 Å². The fraction of sp³-hybridized carbons (Fsp3) is 0.559. The predicted molar refractivity (Wildman–Crippen MR) is 167 cm³/mol. The number of rotatable bonds is 13. The van der Waals surface area contributed by atoms with E-state index in [1.54, 1.807) is 32.6 Å². The Labute approximate surface area is 247 Å². The van der Waals surface area contributed by atoms with E-state index in [0.29, 0.717) is 6.54 Å². The maximum Gasteiger partial charge on any atom is 0.408 e. The zero-order chi connectivity index (χ0) is 30.7. The van der Waals surface area contributed by atoms with Crippen molar-refractivity contribution in [2.45, 2.75) is 119 Å². The van der Waals surface area contributed by atoms with E-state index in [1.165, 1.54) is 6.42 Å². The van der Waals surface area contributed by atoms with Gasteiger partial charge in [-0.3, -0.25) is 9.59 Å². The van der Waals surface area contributed by atoms with Crippen LogP contribution in [0.3, 0.4) is 0 Å². The largest absolute Gasteiger partial charge is 0.444 e. The van der Waals surface area contributed by atoms with Crippen molar-refractivity contribution in [2.24, 2.45) is 0 Å². The van der Waals surface area contributed by atoms with Crippen LogP contribution in [-0.4, -0.2) is 41.0 Å². The zero-order valence-corrected chi connectivity index (χ0v) is 26.6. The molecule has 0 aromatic heterocycles. The van der Waals surface area contributed by atoms with Gasteiger partial charge in [-0.2, -0.15) is 0 Å². The average molecular weight is 566 g/mol. The van der Waals surface area contributed by atoms with Gasteiger partial charge in [-0.05, 0) is 78.5 Å². The molecule has 0 heterocycles. The monoisotopic (exact) mass is 565 g/mol. The Kier molecular flexibility index (Phi) is 12.9. The molecule has 0 saturated heterocycles. The Hall–Kier alpha value is -3.35. The predicted octanol–water partition coefficient (Wildman–Crippen LogP) is 7.70. The molecular formula is C34H51N3O4. The Morgan fingerprint density at radius 3 is 2.00 bits per heavy atom. The number of alkyl carbamates (subject to hydrolysis) is 1. The summed E-state index contributed by atoms with van der Waals surface area (Å²) in [5.74, 6) is -0.610. The number of unbranched alkanes of at least 4 members (excludes halogenated alkanes) is 5. The van der Waals surface area contributed by atoms with Crippen molar-refractivity contribution in [3.05, 3.63) is 64.2 Å². The normalized spacial score (nSPS) is 12.8. The second-order valence-electron chi connectivity index (χ2n) is 12.2. The number of anilines is 1. The minimum absolute atomic E-state index is 0.281. The number of carbonyl (C=O) groups is 3. The summed E-state index contributed by atoms with van der Waals surface area (Å²) < 4.78 is 5.40. The average Bonchev–Trinajstić information content (AvgIpc) is 2.85. The van der Waals surface area contributed by atoms with Gasteiger partial charge >= 0.3 is 6.09 Å². The molecule has 41 heavy (non-hydrogen) atoms. The Morgan fingerprint density at radius 2 is 1.44 bits per heavy atom. The zero-order valence-electron chi connectivity index (χ0n) is 26.6. The molecule has 3 amide bonds. The number of nitrogens with one attached hydrogen (secondary N) is 2. The Morgan fingerprint density at radius 1 is 0.878 bits per heavy atom. The minimum Gasteiger partial charge on any atom is -0.444 e. The van der Waals surface area contributed by atoms with Crippen LogP contribution in [0.15, 0.2) is 36.4 Å². The summed E-state index contributed by atoms with van der Waals surface area (Å²) in [6.45, 7) is 17.4. The van der Waals surface area contributed by atoms with Crippen LogP contribution in [0, 0.1) is 27.7 Å². The lowest BCUT2D eigenvalue weighted by molar-refractivity contribution is -0.140. The first-order chi connectivity index (χ1) is 19.2. The summed E-state index contributed by atoms with van der Waals surface area (Å²) in [7, 11) is 0. The van der Waals surface area contributed by atoms with E-state index in [4.69, 9.17) is 4.74 Å². The molecule has 226 valence electrons. The third-order valence-electron chi connectivity index (χ3n) is 6.99. The van der Waals surface area contributed by atoms with E-state index in [-0.39, 0.29) is 11.8 Å².